The summed E-state index contributed by atoms with van der Waals surface area (Å²) in [6, 6.07) is 5.29. The lowest BCUT2D eigenvalue weighted by Gasteiger charge is -2.24. The maximum Gasteiger partial charge on any atom is 0.328 e. The zero-order valence-electron chi connectivity index (χ0n) is 38.7. The van der Waals surface area contributed by atoms with E-state index in [0.29, 0.717) is 0 Å². The number of Topliss-reactive ketones (excluding diaryl/α,β-unsaturated/α-hetero) is 1. The normalized spacial score (nSPS) is 31.5. The molecule has 0 aliphatic carbocycles. The van der Waals surface area contributed by atoms with Crippen LogP contribution in [0.5, 0.6) is 0 Å². The second-order valence-electron chi connectivity index (χ2n) is 17.4. The highest BCUT2D eigenvalue weighted by atomic mass is 31.2. The van der Waals surface area contributed by atoms with Crippen molar-refractivity contribution in [2.45, 2.75) is 114 Å². The number of aromatic nitrogens is 9. The summed E-state index contributed by atoms with van der Waals surface area (Å²) in [5.41, 5.74) is -0.637. The Labute approximate surface area is 398 Å². The van der Waals surface area contributed by atoms with Crippen LogP contribution >= 0.6 is 22.8 Å². The Kier molecular flexibility index (Phi) is 18.3. The molecule has 3 aromatic heterocycles. The molecular formula is C36H53N12O19P3. The van der Waals surface area contributed by atoms with Gasteiger partial charge >= 0.3 is 22.8 Å². The average Bonchev–Trinajstić information content (AvgIpc) is 4.15. The van der Waals surface area contributed by atoms with E-state index in [-0.39, 0.29) is 49.7 Å². The molecule has 34 heteroatoms. The number of nitrogens with zero attached hydrogens (tertiary/aromatic N) is 12. The Morgan fingerprint density at radius 2 is 1.01 bits per heavy atom. The molecule has 15 atom stereocenters. The summed E-state index contributed by atoms with van der Waals surface area (Å²) in [6.45, 7) is 10.8. The Hall–Kier alpha value is -4.35. The molecule has 4 aliphatic rings. The van der Waals surface area contributed by atoms with Gasteiger partial charge in [-0.05, 0) is 13.8 Å². The highest BCUT2D eigenvalue weighted by Crippen LogP contribution is 2.47. The molecule has 0 radical (unpaired) electrons. The van der Waals surface area contributed by atoms with Crippen molar-refractivity contribution in [3.8, 4) is 18.2 Å². The Morgan fingerprint density at radius 1 is 0.643 bits per heavy atom. The number of aliphatic hydroxyl groups is 4. The zero-order chi connectivity index (χ0) is 52.1. The average molecular weight is 1050 g/mol. The van der Waals surface area contributed by atoms with Crippen molar-refractivity contribution >= 4 is 28.6 Å². The van der Waals surface area contributed by atoms with E-state index in [2.05, 4.69) is 34.8 Å². The molecular weight excluding hydrogens is 997 g/mol. The number of ketones is 1. The maximum atomic E-state index is 12.3. The van der Waals surface area contributed by atoms with Gasteiger partial charge in [-0.2, -0.15) is 15.8 Å². The Bertz CT molecular complexity index is 2560. The van der Waals surface area contributed by atoms with Crippen molar-refractivity contribution in [1.29, 1.82) is 15.8 Å². The standard InChI is InChI=1S/C15H23N4O7P.C12H17N4O6P.C9H13N4O6P/c1-15(2,3)10(20)7-25-27(4,23)24-6-9-12(21)13(22)14(26-9)19-8-17-11(5-16)18-19;1-12(2)21-9-7(5-19-23(3,17)18)20-11(10(9)22-12)16-6-14-8(4-13)15-16;1-20(16,17)18-3-5-7(14)8(15)9(19-5)13-4-11-6(2-10)12-13/h8-9,12-14,21-22H,6-7H2,1-4H3;6-7,9-11H,5H2,1-3H3,(H,17,18);4-5,7-9,14-15H,3H2,1H3,(H,16,17)/t9-,12+,13?,14-,27?;7-,9+,10?,11-;5-,7+,8?,9-/m111/s1. The molecule has 386 valence electrons. The first kappa shape index (κ1) is 56.6. The second-order valence-corrected chi connectivity index (χ2v) is 23.2. The highest BCUT2D eigenvalue weighted by Gasteiger charge is 2.56. The fourth-order valence-electron chi connectivity index (χ4n) is 6.59. The number of hydrogen-bond donors (Lipinski definition) is 6. The van der Waals surface area contributed by atoms with Gasteiger partial charge in [-0.25, -0.2) is 29.0 Å². The number of fused-ring (bicyclic) bond motifs is 1. The zero-order valence-corrected chi connectivity index (χ0v) is 41.4. The van der Waals surface area contributed by atoms with Gasteiger partial charge in [0.1, 0.15) is 98.7 Å². The number of carbonyl (C=O) groups is 1. The lowest BCUT2D eigenvalue weighted by molar-refractivity contribution is -0.200. The van der Waals surface area contributed by atoms with Gasteiger partial charge in [0.2, 0.25) is 0 Å². The third kappa shape index (κ3) is 15.1. The third-order valence-corrected chi connectivity index (χ3v) is 12.6. The van der Waals surface area contributed by atoms with Crippen LogP contribution in [0.3, 0.4) is 0 Å². The van der Waals surface area contributed by atoms with Crippen molar-refractivity contribution in [2.75, 3.05) is 46.4 Å². The van der Waals surface area contributed by atoms with Crippen molar-refractivity contribution < 1.29 is 90.5 Å². The molecule has 0 bridgehead atoms. The van der Waals surface area contributed by atoms with E-state index in [1.807, 2.05) is 6.07 Å². The first-order chi connectivity index (χ1) is 32.4. The van der Waals surface area contributed by atoms with Crippen molar-refractivity contribution in [3.05, 3.63) is 36.5 Å². The molecule has 3 aromatic rings. The summed E-state index contributed by atoms with van der Waals surface area (Å²) in [5.74, 6) is -1.28. The lowest BCUT2D eigenvalue weighted by atomic mass is 9.91. The molecule has 70 heavy (non-hydrogen) atoms. The van der Waals surface area contributed by atoms with Crippen LogP contribution in [0.15, 0.2) is 19.0 Å². The van der Waals surface area contributed by atoms with Crippen LogP contribution in [0.1, 0.15) is 70.8 Å². The predicted octanol–water partition coefficient (Wildman–Crippen LogP) is -0.760. The smallest absolute Gasteiger partial charge is 0.328 e. The summed E-state index contributed by atoms with van der Waals surface area (Å²) in [7, 11) is -10.9. The number of aliphatic hydroxyl groups excluding tert-OH is 4. The van der Waals surface area contributed by atoms with E-state index in [1.54, 1.807) is 46.8 Å². The van der Waals surface area contributed by atoms with Crippen LogP contribution in [-0.2, 0) is 60.3 Å². The van der Waals surface area contributed by atoms with E-state index in [1.165, 1.54) is 30.3 Å². The van der Waals surface area contributed by atoms with E-state index in [9.17, 15) is 43.8 Å². The molecule has 4 saturated heterocycles. The first-order valence-electron chi connectivity index (χ1n) is 20.7. The number of hydrogen-bond acceptors (Lipinski definition) is 26. The molecule has 7 heterocycles. The van der Waals surface area contributed by atoms with Gasteiger partial charge in [0.15, 0.2) is 30.3 Å². The molecule has 0 spiro atoms. The monoisotopic (exact) mass is 1050 g/mol. The lowest BCUT2D eigenvalue weighted by Crippen LogP contribution is -2.33. The van der Waals surface area contributed by atoms with E-state index in [0.717, 1.165) is 22.7 Å². The van der Waals surface area contributed by atoms with Crippen molar-refractivity contribution in [2.24, 2.45) is 5.41 Å². The van der Waals surface area contributed by atoms with Crippen molar-refractivity contribution in [1.82, 2.24) is 44.3 Å². The number of carbonyl (C=O) groups excluding carboxylic acids is 1. The molecule has 4 fully saturated rings. The number of rotatable bonds is 15. The van der Waals surface area contributed by atoms with E-state index < -0.39 is 108 Å². The van der Waals surface area contributed by atoms with Gasteiger partial charge in [-0.1, -0.05) is 20.8 Å². The van der Waals surface area contributed by atoms with Crippen molar-refractivity contribution in [3.63, 3.8) is 0 Å². The Morgan fingerprint density at radius 3 is 1.40 bits per heavy atom. The van der Waals surface area contributed by atoms with Gasteiger partial charge in [-0.15, -0.1) is 15.3 Å². The molecule has 0 aromatic carbocycles. The van der Waals surface area contributed by atoms with Gasteiger partial charge in [0, 0.05) is 25.4 Å². The van der Waals surface area contributed by atoms with Crippen LogP contribution < -0.4 is 0 Å². The van der Waals surface area contributed by atoms with Crippen LogP contribution in [0.2, 0.25) is 0 Å². The molecule has 31 nitrogen and oxygen atoms in total. The van der Waals surface area contributed by atoms with E-state index >= 15 is 0 Å². The summed E-state index contributed by atoms with van der Waals surface area (Å²) in [6.07, 6.45) is -8.02. The van der Waals surface area contributed by atoms with E-state index in [4.69, 9.17) is 57.9 Å². The summed E-state index contributed by atoms with van der Waals surface area (Å²) in [4.78, 5) is 41.3. The first-order valence-corrected chi connectivity index (χ1v) is 26.8. The predicted molar refractivity (Wildman–Crippen MR) is 227 cm³/mol. The Balaban J connectivity index is 0.000000198. The fraction of sp³-hybridized carbons (Fsp3) is 0.722. The minimum atomic E-state index is -3.71. The number of ether oxygens (including phenoxy) is 5. The topological polar surface area (TPSA) is 436 Å². The summed E-state index contributed by atoms with van der Waals surface area (Å²) < 4.78 is 86.4. The molecule has 4 aliphatic heterocycles. The highest BCUT2D eigenvalue weighted by molar-refractivity contribution is 7.53. The van der Waals surface area contributed by atoms with Gasteiger partial charge in [-0.3, -0.25) is 18.5 Å². The summed E-state index contributed by atoms with van der Waals surface area (Å²) >= 11 is 0. The maximum absolute atomic E-state index is 12.3. The minimum absolute atomic E-state index is 0.0106. The van der Waals surface area contributed by atoms with Gasteiger partial charge < -0.3 is 72.0 Å². The summed E-state index contributed by atoms with van der Waals surface area (Å²) in [5, 5.41) is 77.6. The van der Waals surface area contributed by atoms with Gasteiger partial charge in [0.25, 0.3) is 17.5 Å². The van der Waals surface area contributed by atoms with Crippen LogP contribution in [-0.4, -0.2) is 187 Å². The van der Waals surface area contributed by atoms with Crippen LogP contribution in [0.4, 0.5) is 0 Å². The largest absolute Gasteiger partial charge is 0.387 e. The van der Waals surface area contributed by atoms with Gasteiger partial charge in [0.05, 0.1) is 19.8 Å². The third-order valence-electron chi connectivity index (χ3n) is 10.1. The minimum Gasteiger partial charge on any atom is -0.387 e. The molecule has 6 unspecified atom stereocenters. The number of nitriles is 3. The molecule has 7 rings (SSSR count). The second kappa shape index (κ2) is 22.6. The quantitative estimate of drug-likeness (QED) is 0.102. The van der Waals surface area contributed by atoms with Crippen LogP contribution in [0.25, 0.3) is 0 Å². The molecule has 0 amide bonds. The molecule has 0 saturated carbocycles. The van der Waals surface area contributed by atoms with Crippen LogP contribution in [0, 0.1) is 39.4 Å². The fourth-order valence-corrected chi connectivity index (χ4v) is 8.28. The SMILES string of the molecule is CC(C)(C)C(=O)COP(C)(=O)OC[C@H]1O[C@@H](n2cnc(C#N)n2)C(O)[C@H]1O.CC1(C)OC2[C@@H](O1)[C@@H](COP(C)(=O)O)O[C@H]2n1cnc(C#N)n1.CP(=O)(O)OC[C@H]1O[C@@H](n2cnc(C#N)n2)C(O)[C@H]1O. The molecule has 6 N–H and O–H groups in total.